The zero-order chi connectivity index (χ0) is 20.6. The standard InChI is InChI=1S/C25H30ClNO2/c1-16-7-6-8-18(13-16)24(28)27-25(3)15-23(19-9-4-5-10-21(19)26)29-22-14-17(2)11-12-20(22)25/h4-10,13,17,20,22-23H,11-12,14-15H2,1-3H3,(H,27,28)/t17-,20-,22-,23-,25-/m0/s1. The van der Waals surface area contributed by atoms with E-state index in [-0.39, 0.29) is 23.7 Å². The summed E-state index contributed by atoms with van der Waals surface area (Å²) in [6, 6.07) is 15.7. The highest BCUT2D eigenvalue weighted by molar-refractivity contribution is 6.31. The lowest BCUT2D eigenvalue weighted by molar-refractivity contribution is -0.144. The molecule has 0 spiro atoms. The van der Waals surface area contributed by atoms with E-state index in [0.717, 1.165) is 35.4 Å². The maximum atomic E-state index is 13.1. The van der Waals surface area contributed by atoms with Gasteiger partial charge in [-0.25, -0.2) is 0 Å². The highest BCUT2D eigenvalue weighted by Crippen LogP contribution is 2.48. The normalized spacial score (nSPS) is 31.7. The first-order valence-electron chi connectivity index (χ1n) is 10.6. The Balaban J connectivity index is 1.64. The number of hydrogen-bond acceptors (Lipinski definition) is 2. The van der Waals surface area contributed by atoms with E-state index >= 15 is 0 Å². The van der Waals surface area contributed by atoms with E-state index in [9.17, 15) is 4.79 Å². The van der Waals surface area contributed by atoms with Crippen molar-refractivity contribution in [2.75, 3.05) is 0 Å². The third-order valence-corrected chi connectivity index (χ3v) is 7.10. The van der Waals surface area contributed by atoms with Crippen LogP contribution in [0.5, 0.6) is 0 Å². The molecular formula is C25H30ClNO2. The van der Waals surface area contributed by atoms with Crippen LogP contribution in [0.1, 0.15) is 67.1 Å². The third kappa shape index (κ3) is 4.22. The summed E-state index contributed by atoms with van der Waals surface area (Å²) >= 11 is 6.51. The summed E-state index contributed by atoms with van der Waals surface area (Å²) in [5.41, 5.74) is 2.48. The van der Waals surface area contributed by atoms with Crippen molar-refractivity contribution in [1.82, 2.24) is 5.32 Å². The number of amides is 1. The number of carbonyl (C=O) groups is 1. The number of fused-ring (bicyclic) bond motifs is 1. The summed E-state index contributed by atoms with van der Waals surface area (Å²) in [6.45, 7) is 6.50. The Morgan fingerprint density at radius 2 is 1.97 bits per heavy atom. The van der Waals surface area contributed by atoms with Crippen molar-refractivity contribution in [2.24, 2.45) is 11.8 Å². The van der Waals surface area contributed by atoms with Crippen molar-refractivity contribution >= 4 is 17.5 Å². The Morgan fingerprint density at radius 1 is 1.17 bits per heavy atom. The van der Waals surface area contributed by atoms with Gasteiger partial charge in [-0.2, -0.15) is 0 Å². The molecule has 0 aromatic heterocycles. The molecule has 5 atom stereocenters. The van der Waals surface area contributed by atoms with Crippen molar-refractivity contribution in [1.29, 1.82) is 0 Å². The van der Waals surface area contributed by atoms with Crippen LogP contribution in [-0.4, -0.2) is 17.6 Å². The van der Waals surface area contributed by atoms with Gasteiger partial charge >= 0.3 is 0 Å². The first kappa shape index (κ1) is 20.4. The van der Waals surface area contributed by atoms with Gasteiger partial charge in [-0.05, 0) is 56.4 Å². The largest absolute Gasteiger partial charge is 0.370 e. The van der Waals surface area contributed by atoms with Crippen LogP contribution < -0.4 is 5.32 Å². The second kappa shape index (κ2) is 8.12. The lowest BCUT2D eigenvalue weighted by Gasteiger charge is -2.52. The monoisotopic (exact) mass is 411 g/mol. The molecule has 1 saturated carbocycles. The van der Waals surface area contributed by atoms with Crippen LogP contribution in [0.2, 0.25) is 5.02 Å². The molecule has 0 radical (unpaired) electrons. The highest BCUT2D eigenvalue weighted by Gasteiger charge is 2.49. The van der Waals surface area contributed by atoms with Gasteiger partial charge in [-0.15, -0.1) is 0 Å². The lowest BCUT2D eigenvalue weighted by atomic mass is 9.66. The van der Waals surface area contributed by atoms with E-state index in [1.165, 1.54) is 6.42 Å². The van der Waals surface area contributed by atoms with Crippen molar-refractivity contribution in [3.8, 4) is 0 Å². The van der Waals surface area contributed by atoms with E-state index in [1.54, 1.807) is 0 Å². The molecule has 1 saturated heterocycles. The zero-order valence-corrected chi connectivity index (χ0v) is 18.2. The second-order valence-electron chi connectivity index (χ2n) is 9.15. The van der Waals surface area contributed by atoms with Gasteiger partial charge in [-0.1, -0.05) is 60.8 Å². The average Bonchev–Trinajstić information content (AvgIpc) is 2.67. The fourth-order valence-corrected chi connectivity index (χ4v) is 5.44. The Labute approximate surface area is 178 Å². The Morgan fingerprint density at radius 3 is 2.72 bits per heavy atom. The SMILES string of the molecule is Cc1cccc(C(=O)N[C@@]2(C)C[C@@H](c3ccccc3Cl)O[C@H]3C[C@@H](C)CC[C@@H]32)c1. The van der Waals surface area contributed by atoms with Gasteiger partial charge in [0.15, 0.2) is 0 Å². The number of ether oxygens (including phenoxy) is 1. The predicted octanol–water partition coefficient (Wildman–Crippen LogP) is 6.10. The molecule has 4 heteroatoms. The van der Waals surface area contributed by atoms with Crippen LogP contribution in [-0.2, 0) is 4.74 Å². The first-order chi connectivity index (χ1) is 13.9. The van der Waals surface area contributed by atoms with Crippen LogP contribution in [0.4, 0.5) is 0 Å². The van der Waals surface area contributed by atoms with E-state index in [4.69, 9.17) is 16.3 Å². The van der Waals surface area contributed by atoms with Crippen molar-refractivity contribution < 1.29 is 9.53 Å². The number of carbonyl (C=O) groups excluding carboxylic acids is 1. The fraction of sp³-hybridized carbons (Fsp3) is 0.480. The van der Waals surface area contributed by atoms with Crippen LogP contribution in [0.3, 0.4) is 0 Å². The summed E-state index contributed by atoms with van der Waals surface area (Å²) in [4.78, 5) is 13.1. The smallest absolute Gasteiger partial charge is 0.251 e. The van der Waals surface area contributed by atoms with Crippen LogP contribution in [0.15, 0.2) is 48.5 Å². The van der Waals surface area contributed by atoms with Gasteiger partial charge in [0.05, 0.1) is 12.2 Å². The lowest BCUT2D eigenvalue weighted by Crippen LogP contribution is -2.60. The fourth-order valence-electron chi connectivity index (χ4n) is 5.18. The summed E-state index contributed by atoms with van der Waals surface area (Å²) in [5, 5.41) is 4.14. The zero-order valence-electron chi connectivity index (χ0n) is 17.5. The molecule has 2 aromatic carbocycles. The molecule has 1 amide bonds. The summed E-state index contributed by atoms with van der Waals surface area (Å²) in [5.74, 6) is 0.942. The van der Waals surface area contributed by atoms with E-state index < -0.39 is 0 Å². The van der Waals surface area contributed by atoms with Crippen LogP contribution in [0, 0.1) is 18.8 Å². The molecule has 1 aliphatic carbocycles. The summed E-state index contributed by atoms with van der Waals surface area (Å²) < 4.78 is 6.59. The molecular weight excluding hydrogens is 382 g/mol. The van der Waals surface area contributed by atoms with Crippen molar-refractivity contribution in [3.05, 3.63) is 70.2 Å². The van der Waals surface area contributed by atoms with E-state index in [2.05, 4.69) is 19.2 Å². The predicted molar refractivity (Wildman–Crippen MR) is 117 cm³/mol. The molecule has 1 heterocycles. The van der Waals surface area contributed by atoms with Gasteiger partial charge in [0, 0.05) is 28.5 Å². The molecule has 0 unspecified atom stereocenters. The molecule has 154 valence electrons. The number of halogens is 1. The molecule has 4 rings (SSSR count). The molecule has 2 aromatic rings. The molecule has 2 fully saturated rings. The number of hydrogen-bond donors (Lipinski definition) is 1. The molecule has 0 bridgehead atoms. The Bertz CT molecular complexity index is 898. The van der Waals surface area contributed by atoms with Crippen molar-refractivity contribution in [2.45, 2.75) is 64.2 Å². The minimum Gasteiger partial charge on any atom is -0.370 e. The first-order valence-corrected chi connectivity index (χ1v) is 11.0. The maximum absolute atomic E-state index is 13.1. The van der Waals surface area contributed by atoms with Gasteiger partial charge < -0.3 is 10.1 Å². The molecule has 3 nitrogen and oxygen atoms in total. The molecule has 2 aliphatic rings. The van der Waals surface area contributed by atoms with Gasteiger partial charge in [0.2, 0.25) is 0 Å². The van der Waals surface area contributed by atoms with Crippen LogP contribution in [0.25, 0.3) is 0 Å². The molecule has 1 N–H and O–H groups in total. The minimum atomic E-state index is -0.340. The summed E-state index contributed by atoms with van der Waals surface area (Å²) in [7, 11) is 0. The Kier molecular flexibility index (Phi) is 5.72. The molecule has 29 heavy (non-hydrogen) atoms. The summed E-state index contributed by atoms with van der Waals surface area (Å²) in [6.07, 6.45) is 4.03. The van der Waals surface area contributed by atoms with Gasteiger partial charge in [0.1, 0.15) is 0 Å². The number of aryl methyl sites for hydroxylation is 1. The van der Waals surface area contributed by atoms with Gasteiger partial charge in [0.25, 0.3) is 5.91 Å². The van der Waals surface area contributed by atoms with Gasteiger partial charge in [-0.3, -0.25) is 4.79 Å². The number of benzene rings is 2. The maximum Gasteiger partial charge on any atom is 0.251 e. The third-order valence-electron chi connectivity index (χ3n) is 6.75. The van der Waals surface area contributed by atoms with Crippen molar-refractivity contribution in [3.63, 3.8) is 0 Å². The average molecular weight is 412 g/mol. The Hall–Kier alpha value is -1.84. The minimum absolute atomic E-state index is 0.00613. The number of nitrogens with one attached hydrogen (secondary N) is 1. The number of rotatable bonds is 3. The highest BCUT2D eigenvalue weighted by atomic mass is 35.5. The van der Waals surface area contributed by atoms with Crippen LogP contribution >= 0.6 is 11.6 Å². The van der Waals surface area contributed by atoms with E-state index in [0.29, 0.717) is 17.4 Å². The molecule has 1 aliphatic heterocycles. The van der Waals surface area contributed by atoms with E-state index in [1.807, 2.05) is 55.5 Å². The topological polar surface area (TPSA) is 38.3 Å². The quantitative estimate of drug-likeness (QED) is 0.662. The second-order valence-corrected chi connectivity index (χ2v) is 9.56.